The van der Waals surface area contributed by atoms with Gasteiger partial charge in [0, 0.05) is 25.7 Å². The maximum Gasteiger partial charge on any atom is 0.273 e. The number of hydrogen-bond acceptors (Lipinski definition) is 5. The molecule has 1 aromatic heterocycles. The van der Waals surface area contributed by atoms with Gasteiger partial charge in [-0.15, -0.1) is 0 Å². The van der Waals surface area contributed by atoms with Crippen LogP contribution in [-0.4, -0.2) is 41.1 Å². The van der Waals surface area contributed by atoms with Crippen molar-refractivity contribution in [1.82, 2.24) is 15.2 Å². The summed E-state index contributed by atoms with van der Waals surface area (Å²) in [7, 11) is 0. The number of oxazole rings is 1. The zero-order valence-electron chi connectivity index (χ0n) is 16.1. The third-order valence-electron chi connectivity index (χ3n) is 4.74. The van der Waals surface area contributed by atoms with Gasteiger partial charge in [0.1, 0.15) is 6.26 Å². The maximum atomic E-state index is 12.3. The van der Waals surface area contributed by atoms with E-state index in [1.165, 1.54) is 6.26 Å². The van der Waals surface area contributed by atoms with Gasteiger partial charge >= 0.3 is 0 Å². The number of ether oxygens (including phenoxy) is 1. The lowest BCUT2D eigenvalue weighted by molar-refractivity contribution is 0.0853. The molecule has 1 unspecified atom stereocenters. The summed E-state index contributed by atoms with van der Waals surface area (Å²) in [6.45, 7) is 6.59. The third kappa shape index (κ3) is 5.70. The molecule has 1 N–H and O–H groups in total. The first kappa shape index (κ1) is 21.1. The number of nitrogens with zero attached hydrogens (tertiary/aromatic N) is 2. The van der Waals surface area contributed by atoms with Gasteiger partial charge in [0.2, 0.25) is 5.89 Å². The largest absolute Gasteiger partial charge is 0.447 e. The molecule has 8 heteroatoms. The van der Waals surface area contributed by atoms with Gasteiger partial charge in [0.05, 0.1) is 22.7 Å². The van der Waals surface area contributed by atoms with E-state index in [0.29, 0.717) is 35.6 Å². The number of benzene rings is 1. The first-order valence-corrected chi connectivity index (χ1v) is 10.2. The second kappa shape index (κ2) is 9.74. The Morgan fingerprint density at radius 2 is 2.14 bits per heavy atom. The molecule has 0 aliphatic carbocycles. The highest BCUT2D eigenvalue weighted by Gasteiger charge is 2.20. The summed E-state index contributed by atoms with van der Waals surface area (Å²) < 4.78 is 11.0. The number of rotatable bonds is 8. The van der Waals surface area contributed by atoms with E-state index in [1.807, 2.05) is 12.1 Å². The summed E-state index contributed by atoms with van der Waals surface area (Å²) in [6.07, 6.45) is 3.51. The van der Waals surface area contributed by atoms with Crippen molar-refractivity contribution in [3.05, 3.63) is 51.7 Å². The number of nitrogens with one attached hydrogen (secondary N) is 1. The zero-order chi connectivity index (χ0) is 20.1. The smallest absolute Gasteiger partial charge is 0.273 e. The van der Waals surface area contributed by atoms with E-state index in [2.05, 4.69) is 29.0 Å². The Balaban J connectivity index is 1.58. The standard InChI is InChI=1S/C20H25Cl2N3O3/c1-13(2)25(10-14-5-6-16(21)17(22)8-14)11-19-24-18(12-28-19)20(26)23-9-15-4-3-7-27-15/h5-6,8,12-13,15H,3-4,7,9-11H2,1-2H3,(H,23,26). The highest BCUT2D eigenvalue weighted by Crippen LogP contribution is 2.24. The number of carbonyl (C=O) groups is 1. The number of halogens is 2. The Kier molecular flexibility index (Phi) is 7.35. The Morgan fingerprint density at radius 1 is 1.32 bits per heavy atom. The predicted octanol–water partition coefficient (Wildman–Crippen LogP) is 4.30. The third-order valence-corrected chi connectivity index (χ3v) is 5.48. The highest BCUT2D eigenvalue weighted by molar-refractivity contribution is 6.42. The lowest BCUT2D eigenvalue weighted by atomic mass is 10.2. The fourth-order valence-electron chi connectivity index (χ4n) is 3.06. The molecule has 1 aliphatic rings. The van der Waals surface area contributed by atoms with Gasteiger partial charge in [-0.1, -0.05) is 29.3 Å². The summed E-state index contributed by atoms with van der Waals surface area (Å²) in [5, 5.41) is 3.92. The van der Waals surface area contributed by atoms with Crippen molar-refractivity contribution in [1.29, 1.82) is 0 Å². The lowest BCUT2D eigenvalue weighted by Gasteiger charge is -2.25. The van der Waals surface area contributed by atoms with Crippen LogP contribution in [0.3, 0.4) is 0 Å². The Morgan fingerprint density at radius 3 is 2.82 bits per heavy atom. The molecule has 0 radical (unpaired) electrons. The summed E-state index contributed by atoms with van der Waals surface area (Å²) in [4.78, 5) is 18.8. The molecule has 2 heterocycles. The van der Waals surface area contributed by atoms with Crippen LogP contribution in [0, 0.1) is 0 Å². The quantitative estimate of drug-likeness (QED) is 0.682. The van der Waals surface area contributed by atoms with Crippen LogP contribution in [0.4, 0.5) is 0 Å². The van der Waals surface area contributed by atoms with Crippen LogP contribution in [0.15, 0.2) is 28.9 Å². The topological polar surface area (TPSA) is 67.6 Å². The van der Waals surface area contributed by atoms with E-state index in [-0.39, 0.29) is 23.7 Å². The molecule has 6 nitrogen and oxygen atoms in total. The summed E-state index contributed by atoms with van der Waals surface area (Å²) in [6, 6.07) is 5.85. The highest BCUT2D eigenvalue weighted by atomic mass is 35.5. The first-order valence-electron chi connectivity index (χ1n) is 9.44. The van der Waals surface area contributed by atoms with Gasteiger partial charge in [-0.2, -0.15) is 0 Å². The van der Waals surface area contributed by atoms with Crippen molar-refractivity contribution >= 4 is 29.1 Å². The first-order chi connectivity index (χ1) is 13.4. The molecule has 1 saturated heterocycles. The molecule has 0 spiro atoms. The fraction of sp³-hybridized carbons (Fsp3) is 0.500. The number of carbonyl (C=O) groups excluding carboxylic acids is 1. The number of aromatic nitrogens is 1. The minimum Gasteiger partial charge on any atom is -0.447 e. The van der Waals surface area contributed by atoms with Crippen molar-refractivity contribution in [2.24, 2.45) is 0 Å². The second-order valence-corrected chi connectivity index (χ2v) is 8.03. The van der Waals surface area contributed by atoms with Crippen LogP contribution < -0.4 is 5.32 Å². The van der Waals surface area contributed by atoms with Gasteiger partial charge in [-0.05, 0) is 44.4 Å². The lowest BCUT2D eigenvalue weighted by Crippen LogP contribution is -2.32. The number of hydrogen-bond donors (Lipinski definition) is 1. The van der Waals surface area contributed by atoms with Crippen LogP contribution in [0.1, 0.15) is 48.6 Å². The molecule has 0 saturated carbocycles. The van der Waals surface area contributed by atoms with E-state index in [4.69, 9.17) is 32.4 Å². The summed E-state index contributed by atoms with van der Waals surface area (Å²) in [5.41, 5.74) is 1.33. The van der Waals surface area contributed by atoms with Crippen molar-refractivity contribution in [2.75, 3.05) is 13.2 Å². The average molecular weight is 426 g/mol. The SMILES string of the molecule is CC(C)N(Cc1ccc(Cl)c(Cl)c1)Cc1nc(C(=O)NCC2CCCO2)co1. The molecule has 1 aliphatic heterocycles. The van der Waals surface area contributed by atoms with E-state index in [0.717, 1.165) is 25.0 Å². The monoisotopic (exact) mass is 425 g/mol. The normalized spacial score (nSPS) is 16.9. The molecule has 1 aromatic carbocycles. The molecule has 28 heavy (non-hydrogen) atoms. The van der Waals surface area contributed by atoms with Gasteiger partial charge in [0.25, 0.3) is 5.91 Å². The Hall–Kier alpha value is -1.60. The number of amides is 1. The molecule has 3 rings (SSSR count). The van der Waals surface area contributed by atoms with Crippen molar-refractivity contribution < 1.29 is 13.9 Å². The van der Waals surface area contributed by atoms with Crippen molar-refractivity contribution in [2.45, 2.75) is 51.9 Å². The summed E-state index contributed by atoms with van der Waals surface area (Å²) in [5.74, 6) is 0.252. The predicted molar refractivity (Wildman–Crippen MR) is 109 cm³/mol. The molecule has 2 aromatic rings. The van der Waals surface area contributed by atoms with E-state index in [1.54, 1.807) is 6.07 Å². The molecular weight excluding hydrogens is 401 g/mol. The van der Waals surface area contributed by atoms with Gasteiger partial charge < -0.3 is 14.5 Å². The van der Waals surface area contributed by atoms with Crippen molar-refractivity contribution in [3.63, 3.8) is 0 Å². The molecule has 1 atom stereocenters. The molecule has 152 valence electrons. The zero-order valence-corrected chi connectivity index (χ0v) is 17.6. The minimum atomic E-state index is -0.244. The second-order valence-electron chi connectivity index (χ2n) is 7.22. The van der Waals surface area contributed by atoms with Crippen LogP contribution >= 0.6 is 23.2 Å². The Bertz CT molecular complexity index is 804. The van der Waals surface area contributed by atoms with Crippen LogP contribution in [0.2, 0.25) is 10.0 Å². The molecule has 0 bridgehead atoms. The van der Waals surface area contributed by atoms with Gasteiger partial charge in [0.15, 0.2) is 5.69 Å². The van der Waals surface area contributed by atoms with E-state index in [9.17, 15) is 4.79 Å². The maximum absolute atomic E-state index is 12.3. The van der Waals surface area contributed by atoms with Gasteiger partial charge in [-0.25, -0.2) is 4.98 Å². The average Bonchev–Trinajstić information content (AvgIpc) is 3.34. The van der Waals surface area contributed by atoms with Crippen LogP contribution in [0.5, 0.6) is 0 Å². The van der Waals surface area contributed by atoms with Gasteiger partial charge in [-0.3, -0.25) is 9.69 Å². The van der Waals surface area contributed by atoms with Crippen molar-refractivity contribution in [3.8, 4) is 0 Å². The van der Waals surface area contributed by atoms with Crippen LogP contribution in [-0.2, 0) is 17.8 Å². The molecule has 1 fully saturated rings. The fourth-order valence-corrected chi connectivity index (χ4v) is 3.38. The minimum absolute atomic E-state index is 0.0953. The summed E-state index contributed by atoms with van der Waals surface area (Å²) >= 11 is 12.1. The van der Waals surface area contributed by atoms with E-state index >= 15 is 0 Å². The van der Waals surface area contributed by atoms with Crippen LogP contribution in [0.25, 0.3) is 0 Å². The van der Waals surface area contributed by atoms with E-state index < -0.39 is 0 Å². The molecular formula is C20H25Cl2N3O3. The Labute approximate surface area is 175 Å². The molecule has 1 amide bonds.